The Bertz CT molecular complexity index is 637. The summed E-state index contributed by atoms with van der Waals surface area (Å²) in [6.45, 7) is 1.91. The van der Waals surface area contributed by atoms with Crippen LogP contribution in [0.5, 0.6) is 0 Å². The van der Waals surface area contributed by atoms with Crippen LogP contribution in [-0.4, -0.2) is 47.5 Å². The van der Waals surface area contributed by atoms with E-state index in [1.54, 1.807) is 18.0 Å². The fraction of sp³-hybridized carbons (Fsp3) is 0.312. The molecule has 1 amide bonds. The largest absolute Gasteiger partial charge is 0.468 e. The summed E-state index contributed by atoms with van der Waals surface area (Å²) in [5.74, 6) is -0.796. The van der Waals surface area contributed by atoms with Crippen LogP contribution in [0.1, 0.15) is 18.1 Å². The third kappa shape index (κ3) is 3.17. The van der Waals surface area contributed by atoms with Crippen LogP contribution in [0.2, 0.25) is 0 Å². The highest BCUT2D eigenvalue weighted by Gasteiger charge is 2.36. The topological polar surface area (TPSA) is 49.9 Å². The van der Waals surface area contributed by atoms with E-state index < -0.39 is 5.97 Å². The lowest BCUT2D eigenvalue weighted by Gasteiger charge is -2.14. The number of benzene rings is 1. The second-order valence-electron chi connectivity index (χ2n) is 4.93. The molecule has 0 bridgehead atoms. The first-order valence-electron chi connectivity index (χ1n) is 6.95. The molecule has 0 aromatic heterocycles. The number of methoxy groups -OCH3 is 1. The molecule has 1 aliphatic heterocycles. The molecule has 1 aromatic carbocycles. The minimum atomic E-state index is -0.502. The molecule has 22 heavy (non-hydrogen) atoms. The smallest absolute Gasteiger partial charge is 0.325 e. The molecule has 2 rings (SSSR count). The van der Waals surface area contributed by atoms with Crippen molar-refractivity contribution >= 4 is 35.3 Å². The summed E-state index contributed by atoms with van der Waals surface area (Å²) in [5.41, 5.74) is 2.59. The molecule has 0 aliphatic carbocycles. The van der Waals surface area contributed by atoms with Gasteiger partial charge in [0.15, 0.2) is 5.11 Å². The molecule has 0 spiro atoms. The number of rotatable bonds is 4. The van der Waals surface area contributed by atoms with Gasteiger partial charge in [0.2, 0.25) is 0 Å². The standard InChI is InChI=1S/C16H18N2O3S/c1-4-11-5-7-12(8-6-11)9-13-15(20)18(10-14(19)21-3)16(22)17(13)2/h5-9H,4,10H2,1-3H3/b13-9-. The Morgan fingerprint density at radius 3 is 2.50 bits per heavy atom. The van der Waals surface area contributed by atoms with Crippen LogP contribution in [0.4, 0.5) is 0 Å². The van der Waals surface area contributed by atoms with E-state index in [1.165, 1.54) is 17.6 Å². The number of hydrogen-bond acceptors (Lipinski definition) is 4. The number of esters is 1. The number of ether oxygens (including phenoxy) is 1. The van der Waals surface area contributed by atoms with Gasteiger partial charge in [0, 0.05) is 7.05 Å². The van der Waals surface area contributed by atoms with Crippen LogP contribution in [-0.2, 0) is 20.7 Å². The SMILES string of the molecule is CCc1ccc(/C=C2/C(=O)N(CC(=O)OC)C(=S)N2C)cc1. The highest BCUT2D eigenvalue weighted by molar-refractivity contribution is 7.80. The molecular formula is C16H18N2O3S. The van der Waals surface area contributed by atoms with Gasteiger partial charge in [-0.15, -0.1) is 0 Å². The number of carbonyl (C=O) groups is 2. The van der Waals surface area contributed by atoms with Crippen molar-refractivity contribution in [2.24, 2.45) is 0 Å². The fourth-order valence-corrected chi connectivity index (χ4v) is 2.40. The number of nitrogens with zero attached hydrogens (tertiary/aromatic N) is 2. The summed E-state index contributed by atoms with van der Waals surface area (Å²) >= 11 is 5.22. The van der Waals surface area contributed by atoms with Crippen molar-refractivity contribution < 1.29 is 14.3 Å². The highest BCUT2D eigenvalue weighted by atomic mass is 32.1. The number of carbonyl (C=O) groups excluding carboxylic acids is 2. The lowest BCUT2D eigenvalue weighted by Crippen LogP contribution is -2.36. The van der Waals surface area contributed by atoms with E-state index in [2.05, 4.69) is 11.7 Å². The fourth-order valence-electron chi connectivity index (χ4n) is 2.15. The Hall–Kier alpha value is -2.21. The summed E-state index contributed by atoms with van der Waals surface area (Å²) in [7, 11) is 2.99. The first-order valence-corrected chi connectivity index (χ1v) is 7.35. The van der Waals surface area contributed by atoms with Crippen molar-refractivity contribution in [3.8, 4) is 0 Å². The summed E-state index contributed by atoms with van der Waals surface area (Å²) in [4.78, 5) is 26.7. The predicted molar refractivity (Wildman–Crippen MR) is 87.9 cm³/mol. The third-order valence-electron chi connectivity index (χ3n) is 3.55. The number of amides is 1. The quantitative estimate of drug-likeness (QED) is 0.481. The second-order valence-corrected chi connectivity index (χ2v) is 5.30. The normalized spacial score (nSPS) is 16.6. The first-order chi connectivity index (χ1) is 10.5. The summed E-state index contributed by atoms with van der Waals surface area (Å²) in [5, 5.41) is 0.298. The van der Waals surface area contributed by atoms with Gasteiger partial charge in [0.25, 0.3) is 5.91 Å². The van der Waals surface area contributed by atoms with Crippen LogP contribution >= 0.6 is 12.2 Å². The van der Waals surface area contributed by atoms with Crippen molar-refractivity contribution in [1.29, 1.82) is 0 Å². The zero-order chi connectivity index (χ0) is 16.3. The van der Waals surface area contributed by atoms with Gasteiger partial charge in [-0.2, -0.15) is 0 Å². The summed E-state index contributed by atoms with van der Waals surface area (Å²) < 4.78 is 4.59. The number of hydrogen-bond donors (Lipinski definition) is 0. The Morgan fingerprint density at radius 2 is 1.95 bits per heavy atom. The van der Waals surface area contributed by atoms with E-state index in [4.69, 9.17) is 12.2 Å². The predicted octanol–water partition coefficient (Wildman–Crippen LogP) is 1.82. The van der Waals surface area contributed by atoms with Gasteiger partial charge in [0.05, 0.1) is 7.11 Å². The summed E-state index contributed by atoms with van der Waals surface area (Å²) in [6.07, 6.45) is 2.73. The summed E-state index contributed by atoms with van der Waals surface area (Å²) in [6, 6.07) is 7.96. The van der Waals surface area contributed by atoms with Gasteiger partial charge in [-0.1, -0.05) is 31.2 Å². The minimum absolute atomic E-state index is 0.176. The highest BCUT2D eigenvalue weighted by Crippen LogP contribution is 2.22. The average Bonchev–Trinajstić information content (AvgIpc) is 2.73. The van der Waals surface area contributed by atoms with E-state index in [-0.39, 0.29) is 12.5 Å². The average molecular weight is 318 g/mol. The van der Waals surface area contributed by atoms with E-state index in [1.807, 2.05) is 24.3 Å². The van der Waals surface area contributed by atoms with E-state index in [9.17, 15) is 9.59 Å². The molecule has 5 nitrogen and oxygen atoms in total. The molecule has 0 atom stereocenters. The number of thiocarbonyl (C=S) groups is 1. The van der Waals surface area contributed by atoms with Gasteiger partial charge < -0.3 is 9.64 Å². The molecular weight excluding hydrogens is 300 g/mol. The van der Waals surface area contributed by atoms with Crippen molar-refractivity contribution in [2.45, 2.75) is 13.3 Å². The van der Waals surface area contributed by atoms with E-state index >= 15 is 0 Å². The van der Waals surface area contributed by atoms with Crippen molar-refractivity contribution in [3.63, 3.8) is 0 Å². The monoisotopic (exact) mass is 318 g/mol. The van der Waals surface area contributed by atoms with Crippen molar-refractivity contribution in [3.05, 3.63) is 41.1 Å². The van der Waals surface area contributed by atoms with Gasteiger partial charge in [-0.3, -0.25) is 14.5 Å². The van der Waals surface area contributed by atoms with Crippen LogP contribution in [0, 0.1) is 0 Å². The maximum atomic E-state index is 12.4. The maximum Gasteiger partial charge on any atom is 0.325 e. The van der Waals surface area contributed by atoms with Gasteiger partial charge in [0.1, 0.15) is 12.2 Å². The van der Waals surface area contributed by atoms with Gasteiger partial charge in [-0.05, 0) is 35.8 Å². The first kappa shape index (κ1) is 16.2. The van der Waals surface area contributed by atoms with Gasteiger partial charge >= 0.3 is 5.97 Å². The zero-order valence-electron chi connectivity index (χ0n) is 12.8. The Morgan fingerprint density at radius 1 is 1.32 bits per heavy atom. The second kappa shape index (κ2) is 6.70. The Kier molecular flexibility index (Phi) is 4.92. The van der Waals surface area contributed by atoms with E-state index in [0.717, 1.165) is 12.0 Å². The molecule has 116 valence electrons. The van der Waals surface area contributed by atoms with Crippen molar-refractivity contribution in [2.75, 3.05) is 20.7 Å². The van der Waals surface area contributed by atoms with Gasteiger partial charge in [-0.25, -0.2) is 0 Å². The van der Waals surface area contributed by atoms with Crippen LogP contribution in [0.25, 0.3) is 6.08 Å². The zero-order valence-corrected chi connectivity index (χ0v) is 13.6. The molecule has 6 heteroatoms. The lowest BCUT2D eigenvalue weighted by molar-refractivity contribution is -0.143. The Labute approximate surface area is 135 Å². The molecule has 1 fully saturated rings. The molecule has 0 N–H and O–H groups in total. The molecule has 1 aromatic rings. The van der Waals surface area contributed by atoms with Crippen molar-refractivity contribution in [1.82, 2.24) is 9.80 Å². The molecule has 1 aliphatic rings. The molecule has 1 heterocycles. The van der Waals surface area contributed by atoms with Crippen LogP contribution < -0.4 is 0 Å². The Balaban J connectivity index is 2.26. The van der Waals surface area contributed by atoms with E-state index in [0.29, 0.717) is 10.8 Å². The molecule has 0 unspecified atom stereocenters. The number of likely N-dealkylation sites (N-methyl/N-ethyl adjacent to an activating group) is 1. The van der Waals surface area contributed by atoms with Crippen LogP contribution in [0.15, 0.2) is 30.0 Å². The molecule has 0 radical (unpaired) electrons. The third-order valence-corrected chi connectivity index (χ3v) is 4.04. The number of aryl methyl sites for hydroxylation is 1. The molecule has 1 saturated heterocycles. The van der Waals surface area contributed by atoms with Crippen LogP contribution in [0.3, 0.4) is 0 Å². The lowest BCUT2D eigenvalue weighted by atomic mass is 10.1. The molecule has 0 saturated carbocycles. The maximum absolute atomic E-state index is 12.4. The minimum Gasteiger partial charge on any atom is -0.468 e.